The zero-order chi connectivity index (χ0) is 14.8. The number of aromatic nitrogens is 2. The van der Waals surface area contributed by atoms with Gasteiger partial charge in [0.1, 0.15) is 11.5 Å². The van der Waals surface area contributed by atoms with Crippen molar-refractivity contribution in [2.45, 2.75) is 13.1 Å². The molecule has 1 N–H and O–H groups in total. The summed E-state index contributed by atoms with van der Waals surface area (Å²) in [5, 5.41) is 4.63. The molecule has 0 atom stereocenters. The Labute approximate surface area is 127 Å². The van der Waals surface area contributed by atoms with E-state index in [1.807, 2.05) is 29.9 Å². The molecule has 0 saturated carbocycles. The van der Waals surface area contributed by atoms with Crippen LogP contribution in [-0.4, -0.2) is 16.6 Å². The highest BCUT2D eigenvalue weighted by Gasteiger charge is 2.11. The summed E-state index contributed by atoms with van der Waals surface area (Å²) in [6, 6.07) is 8.70. The van der Waals surface area contributed by atoms with Gasteiger partial charge in [-0.1, -0.05) is 17.7 Å². The summed E-state index contributed by atoms with van der Waals surface area (Å²) < 4.78 is 15.9. The molecular weight excluding hydrogens is 289 g/mol. The van der Waals surface area contributed by atoms with Crippen molar-refractivity contribution in [2.75, 3.05) is 7.05 Å². The molecule has 3 nitrogen and oxygen atoms in total. The summed E-state index contributed by atoms with van der Waals surface area (Å²) in [5.74, 6) is -0.296. The number of nitrogens with one attached hydrogen (secondary N) is 1. The van der Waals surface area contributed by atoms with Crippen molar-refractivity contribution in [1.29, 1.82) is 0 Å². The van der Waals surface area contributed by atoms with Crippen molar-refractivity contribution < 1.29 is 4.39 Å². The van der Waals surface area contributed by atoms with Crippen LogP contribution >= 0.6 is 11.6 Å². The lowest BCUT2D eigenvalue weighted by molar-refractivity contribution is 0.601. The van der Waals surface area contributed by atoms with E-state index in [1.165, 1.54) is 6.07 Å². The second kappa shape index (κ2) is 5.84. The minimum absolute atomic E-state index is 0.296. The minimum atomic E-state index is -0.296. The van der Waals surface area contributed by atoms with Gasteiger partial charge in [0, 0.05) is 34.9 Å². The molecule has 0 radical (unpaired) electrons. The molecule has 0 spiro atoms. The molecule has 0 fully saturated rings. The fourth-order valence-corrected chi connectivity index (χ4v) is 2.64. The quantitative estimate of drug-likeness (QED) is 0.798. The number of nitrogens with zero attached hydrogens (tertiary/aromatic N) is 2. The molecule has 0 bridgehead atoms. The van der Waals surface area contributed by atoms with E-state index in [9.17, 15) is 4.39 Å². The molecule has 0 aliphatic rings. The van der Waals surface area contributed by atoms with Crippen LogP contribution in [0.3, 0.4) is 0 Å². The van der Waals surface area contributed by atoms with Crippen molar-refractivity contribution in [3.63, 3.8) is 0 Å². The van der Waals surface area contributed by atoms with Gasteiger partial charge in [-0.25, -0.2) is 9.37 Å². The van der Waals surface area contributed by atoms with Gasteiger partial charge in [-0.15, -0.1) is 0 Å². The molecule has 2 aromatic heterocycles. The Morgan fingerprint density at radius 1 is 1.29 bits per heavy atom. The normalized spacial score (nSPS) is 11.2. The van der Waals surface area contributed by atoms with Crippen LogP contribution < -0.4 is 5.32 Å². The van der Waals surface area contributed by atoms with E-state index in [1.54, 1.807) is 18.3 Å². The van der Waals surface area contributed by atoms with Gasteiger partial charge < -0.3 is 9.88 Å². The van der Waals surface area contributed by atoms with Crippen LogP contribution in [0.2, 0.25) is 5.02 Å². The Kier molecular flexibility index (Phi) is 3.90. The number of rotatable bonds is 4. The minimum Gasteiger partial charge on any atom is -0.328 e. The fourth-order valence-electron chi connectivity index (χ4n) is 2.48. The molecule has 0 aliphatic carbocycles. The van der Waals surface area contributed by atoms with Crippen LogP contribution in [0.5, 0.6) is 0 Å². The summed E-state index contributed by atoms with van der Waals surface area (Å²) in [5.41, 5.74) is 2.60. The number of halogens is 2. The Morgan fingerprint density at radius 2 is 2.14 bits per heavy atom. The van der Waals surface area contributed by atoms with Crippen molar-refractivity contribution in [2.24, 2.45) is 0 Å². The van der Waals surface area contributed by atoms with Crippen LogP contribution in [0.1, 0.15) is 11.1 Å². The maximum Gasteiger partial charge on any atom is 0.140 e. The van der Waals surface area contributed by atoms with Crippen LogP contribution in [0.15, 0.2) is 42.7 Å². The third kappa shape index (κ3) is 2.77. The smallest absolute Gasteiger partial charge is 0.140 e. The molecule has 0 saturated heterocycles. The molecule has 21 heavy (non-hydrogen) atoms. The Hall–Kier alpha value is -1.91. The highest BCUT2D eigenvalue weighted by molar-refractivity contribution is 6.30. The molecule has 3 aromatic rings. The third-order valence-corrected chi connectivity index (χ3v) is 3.67. The van der Waals surface area contributed by atoms with E-state index in [4.69, 9.17) is 11.6 Å². The van der Waals surface area contributed by atoms with E-state index in [2.05, 4.69) is 10.3 Å². The Bertz CT molecular complexity index is 782. The first-order chi connectivity index (χ1) is 10.2. The first kappa shape index (κ1) is 14.0. The van der Waals surface area contributed by atoms with Gasteiger partial charge in [0.25, 0.3) is 0 Å². The van der Waals surface area contributed by atoms with E-state index in [-0.39, 0.29) is 5.82 Å². The van der Waals surface area contributed by atoms with Gasteiger partial charge in [-0.2, -0.15) is 0 Å². The van der Waals surface area contributed by atoms with Crippen molar-refractivity contribution >= 4 is 22.6 Å². The first-order valence-corrected chi connectivity index (χ1v) is 7.08. The fraction of sp³-hybridized carbons (Fsp3) is 0.188. The summed E-state index contributed by atoms with van der Waals surface area (Å²) in [6.45, 7) is 1.18. The maximum absolute atomic E-state index is 14.0. The lowest BCUT2D eigenvalue weighted by atomic mass is 10.2. The maximum atomic E-state index is 14.0. The lowest BCUT2D eigenvalue weighted by Crippen LogP contribution is -2.04. The van der Waals surface area contributed by atoms with E-state index >= 15 is 0 Å². The van der Waals surface area contributed by atoms with Crippen molar-refractivity contribution in [1.82, 2.24) is 14.9 Å². The lowest BCUT2D eigenvalue weighted by Gasteiger charge is -2.06. The van der Waals surface area contributed by atoms with Crippen LogP contribution in [0.25, 0.3) is 11.0 Å². The van der Waals surface area contributed by atoms with Crippen molar-refractivity contribution in [3.05, 3.63) is 64.7 Å². The average Bonchev–Trinajstić information content (AvgIpc) is 2.81. The number of hydrogen-bond acceptors (Lipinski definition) is 2. The number of hydrogen-bond donors (Lipinski definition) is 1. The molecule has 0 amide bonds. The summed E-state index contributed by atoms with van der Waals surface area (Å²) >= 11 is 5.79. The van der Waals surface area contributed by atoms with Gasteiger partial charge in [-0.3, -0.25) is 0 Å². The van der Waals surface area contributed by atoms with Crippen LogP contribution in [-0.2, 0) is 13.1 Å². The van der Waals surface area contributed by atoms with E-state index in [0.29, 0.717) is 17.1 Å². The molecular formula is C16H15ClFN3. The van der Waals surface area contributed by atoms with E-state index in [0.717, 1.165) is 23.1 Å². The van der Waals surface area contributed by atoms with Crippen molar-refractivity contribution in [3.8, 4) is 0 Å². The molecule has 1 aromatic carbocycles. The summed E-state index contributed by atoms with van der Waals surface area (Å²) in [7, 11) is 1.90. The van der Waals surface area contributed by atoms with Crippen LogP contribution in [0, 0.1) is 5.82 Å². The predicted molar refractivity (Wildman–Crippen MR) is 83.0 cm³/mol. The van der Waals surface area contributed by atoms with Gasteiger partial charge in [0.15, 0.2) is 0 Å². The van der Waals surface area contributed by atoms with Gasteiger partial charge >= 0.3 is 0 Å². The highest BCUT2D eigenvalue weighted by atomic mass is 35.5. The SMILES string of the molecule is CNCc1cn(Cc2ccc(Cl)cc2F)c2ncccc12. The second-order valence-corrected chi connectivity index (χ2v) is 5.36. The first-order valence-electron chi connectivity index (χ1n) is 6.70. The van der Waals surface area contributed by atoms with Gasteiger partial charge in [0.2, 0.25) is 0 Å². The second-order valence-electron chi connectivity index (χ2n) is 4.92. The molecule has 3 rings (SSSR count). The highest BCUT2D eigenvalue weighted by Crippen LogP contribution is 2.22. The Morgan fingerprint density at radius 3 is 2.90 bits per heavy atom. The van der Waals surface area contributed by atoms with Gasteiger partial charge in [0.05, 0.1) is 6.54 Å². The zero-order valence-corrected chi connectivity index (χ0v) is 12.4. The van der Waals surface area contributed by atoms with Gasteiger partial charge in [-0.05, 0) is 36.9 Å². The standard InChI is InChI=1S/C16H15ClFN3/c1-19-8-12-10-21(16-14(12)3-2-6-20-16)9-11-4-5-13(17)7-15(11)18/h2-7,10,19H,8-9H2,1H3. The monoisotopic (exact) mass is 303 g/mol. The molecule has 0 aliphatic heterocycles. The Balaban J connectivity index is 2.04. The summed E-state index contributed by atoms with van der Waals surface area (Å²) in [6.07, 6.45) is 3.77. The molecule has 2 heterocycles. The zero-order valence-electron chi connectivity index (χ0n) is 11.6. The average molecular weight is 304 g/mol. The summed E-state index contributed by atoms with van der Waals surface area (Å²) in [4.78, 5) is 4.41. The van der Waals surface area contributed by atoms with Crippen LogP contribution in [0.4, 0.5) is 4.39 Å². The number of fused-ring (bicyclic) bond motifs is 1. The number of pyridine rings is 1. The molecule has 0 unspecified atom stereocenters. The topological polar surface area (TPSA) is 29.9 Å². The molecule has 5 heteroatoms. The predicted octanol–water partition coefficient (Wildman–Crippen LogP) is 3.60. The molecule has 108 valence electrons. The largest absolute Gasteiger partial charge is 0.328 e. The number of benzene rings is 1. The third-order valence-electron chi connectivity index (χ3n) is 3.44. The van der Waals surface area contributed by atoms with E-state index < -0.39 is 0 Å².